The van der Waals surface area contributed by atoms with Gasteiger partial charge in [0.05, 0.1) is 25.8 Å². The maximum absolute atomic E-state index is 12.9. The minimum Gasteiger partial charge on any atom is -0.378 e. The molecule has 2 aliphatic rings. The molecule has 11 nitrogen and oxygen atoms in total. The first-order valence-electron chi connectivity index (χ1n) is 14.9. The van der Waals surface area contributed by atoms with Crippen molar-refractivity contribution in [3.8, 4) is 0 Å². The van der Waals surface area contributed by atoms with E-state index >= 15 is 0 Å². The highest BCUT2D eigenvalue weighted by Crippen LogP contribution is 2.19. The van der Waals surface area contributed by atoms with Gasteiger partial charge in [-0.25, -0.2) is 0 Å². The molecule has 2 aromatic heterocycles. The number of rotatable bonds is 13. The zero-order valence-electron chi connectivity index (χ0n) is 24.0. The van der Waals surface area contributed by atoms with Crippen LogP contribution in [0, 0.1) is 0 Å². The van der Waals surface area contributed by atoms with Gasteiger partial charge in [-0.05, 0) is 74.2 Å². The molecule has 41 heavy (non-hydrogen) atoms. The van der Waals surface area contributed by atoms with Crippen LogP contribution in [0.25, 0.3) is 0 Å². The molecule has 1 amide bonds. The predicted molar refractivity (Wildman–Crippen MR) is 158 cm³/mol. The molecule has 3 aromatic rings. The number of aromatic nitrogens is 4. The van der Waals surface area contributed by atoms with E-state index in [1.165, 1.54) is 19.3 Å². The van der Waals surface area contributed by atoms with Crippen LogP contribution in [0.4, 0.5) is 5.69 Å². The number of hydrogen-bond acceptors (Lipinski definition) is 9. The number of piperidine rings is 1. The van der Waals surface area contributed by atoms with Crippen LogP contribution in [0.5, 0.6) is 0 Å². The van der Waals surface area contributed by atoms with Gasteiger partial charge in [-0.1, -0.05) is 19.4 Å². The molecule has 0 spiro atoms. The van der Waals surface area contributed by atoms with Gasteiger partial charge in [0.1, 0.15) is 5.82 Å². The number of aryl methyl sites for hydroxylation is 1. The summed E-state index contributed by atoms with van der Waals surface area (Å²) in [6.07, 6.45) is 9.14. The number of carbonyl (C=O) groups is 1. The molecule has 5 N–H and O–H groups in total. The minimum atomic E-state index is -0.112. The molecule has 0 bridgehead atoms. The Morgan fingerprint density at radius 1 is 1.10 bits per heavy atom. The van der Waals surface area contributed by atoms with Crippen LogP contribution in [0.1, 0.15) is 71.8 Å². The lowest BCUT2D eigenvalue weighted by atomic mass is 10.1. The predicted octanol–water partition coefficient (Wildman–Crippen LogP) is 2.52. The van der Waals surface area contributed by atoms with Crippen molar-refractivity contribution in [2.24, 2.45) is 0 Å². The number of carbonyl (C=O) groups excluding carboxylic acids is 1. The second-order valence-electron chi connectivity index (χ2n) is 10.7. The lowest BCUT2D eigenvalue weighted by molar-refractivity contribution is 0.0950. The van der Waals surface area contributed by atoms with Gasteiger partial charge in [-0.2, -0.15) is 0 Å². The van der Waals surface area contributed by atoms with E-state index in [4.69, 9.17) is 4.74 Å². The number of pyridine rings is 1. The summed E-state index contributed by atoms with van der Waals surface area (Å²) in [6, 6.07) is 10.1. The zero-order chi connectivity index (χ0) is 28.3. The average molecular weight is 562 g/mol. The highest BCUT2D eigenvalue weighted by molar-refractivity contribution is 5.95. The Bertz CT molecular complexity index is 1250. The Balaban J connectivity index is 1.20. The van der Waals surface area contributed by atoms with Crippen LogP contribution in [0.2, 0.25) is 0 Å². The summed E-state index contributed by atoms with van der Waals surface area (Å²) in [6.45, 7) is 7.85. The molecular weight excluding hydrogens is 518 g/mol. The fourth-order valence-electron chi connectivity index (χ4n) is 5.46. The standard InChI is InChI=1S/C30H43N9O2/c1-2-22-17-31-12-9-24(22)18-35-30(40)23-6-5-8-25(16-23)34-19-28-37-38-29(27-10-13-32-21-36-27)39(28)14-15-41-20-26-7-3-4-11-33-26/h5-6,8-9,12,16-17,26-27,32-34,36H,2-4,7,10-11,13-15,18-21H2,1H3,(H,35,40). The Hall–Kier alpha value is -3.38. The Morgan fingerprint density at radius 2 is 2.05 bits per heavy atom. The van der Waals surface area contributed by atoms with Gasteiger partial charge in [0.2, 0.25) is 0 Å². The minimum absolute atomic E-state index is 0.112. The first-order valence-corrected chi connectivity index (χ1v) is 14.9. The third-order valence-electron chi connectivity index (χ3n) is 7.84. The number of amides is 1. The van der Waals surface area contributed by atoms with Crippen LogP contribution < -0.4 is 26.6 Å². The van der Waals surface area contributed by atoms with Crippen LogP contribution in [0.15, 0.2) is 42.7 Å². The van der Waals surface area contributed by atoms with Crippen molar-refractivity contribution in [3.05, 3.63) is 71.1 Å². The van der Waals surface area contributed by atoms with Crippen LogP contribution in [-0.4, -0.2) is 64.7 Å². The lowest BCUT2D eigenvalue weighted by Crippen LogP contribution is -2.41. The summed E-state index contributed by atoms with van der Waals surface area (Å²) >= 11 is 0. The molecule has 11 heteroatoms. The number of nitrogens with one attached hydrogen (secondary N) is 5. The number of anilines is 1. The monoisotopic (exact) mass is 561 g/mol. The summed E-state index contributed by atoms with van der Waals surface area (Å²) in [5, 5.41) is 26.0. The van der Waals surface area contributed by atoms with Crippen LogP contribution in [0.3, 0.4) is 0 Å². The van der Waals surface area contributed by atoms with Gasteiger partial charge >= 0.3 is 0 Å². The van der Waals surface area contributed by atoms with Crippen molar-refractivity contribution in [2.45, 2.75) is 70.7 Å². The van der Waals surface area contributed by atoms with E-state index in [2.05, 4.69) is 53.3 Å². The SMILES string of the molecule is CCc1cnccc1CNC(=O)c1cccc(NCc2nnc(C3CCNCN3)n2CCOCC2CCCCN2)c1. The summed E-state index contributed by atoms with van der Waals surface area (Å²) in [4.78, 5) is 17.1. The molecule has 0 saturated carbocycles. The van der Waals surface area contributed by atoms with Crippen molar-refractivity contribution in [2.75, 3.05) is 38.3 Å². The molecule has 0 radical (unpaired) electrons. The van der Waals surface area contributed by atoms with E-state index < -0.39 is 0 Å². The molecule has 1 aromatic carbocycles. The van der Waals surface area contributed by atoms with E-state index in [0.717, 1.165) is 67.7 Å². The normalized spacial score (nSPS) is 19.1. The van der Waals surface area contributed by atoms with E-state index in [-0.39, 0.29) is 11.9 Å². The zero-order valence-corrected chi connectivity index (χ0v) is 24.0. The largest absolute Gasteiger partial charge is 0.378 e. The maximum Gasteiger partial charge on any atom is 0.251 e. The fourth-order valence-corrected chi connectivity index (χ4v) is 5.46. The highest BCUT2D eigenvalue weighted by atomic mass is 16.5. The van der Waals surface area contributed by atoms with E-state index in [1.807, 2.05) is 36.5 Å². The second kappa shape index (κ2) is 15.0. The quantitative estimate of drug-likeness (QED) is 0.200. The average Bonchev–Trinajstić information content (AvgIpc) is 3.44. The van der Waals surface area contributed by atoms with Crippen molar-refractivity contribution in [1.29, 1.82) is 0 Å². The van der Waals surface area contributed by atoms with Gasteiger partial charge in [0.15, 0.2) is 5.82 Å². The van der Waals surface area contributed by atoms with Gasteiger partial charge < -0.3 is 30.6 Å². The van der Waals surface area contributed by atoms with Crippen molar-refractivity contribution >= 4 is 11.6 Å². The van der Waals surface area contributed by atoms with Crippen LogP contribution >= 0.6 is 0 Å². The molecule has 2 atom stereocenters. The topological polar surface area (TPSA) is 130 Å². The van der Waals surface area contributed by atoms with Crippen molar-refractivity contribution < 1.29 is 9.53 Å². The molecule has 220 valence electrons. The first kappa shape index (κ1) is 29.1. The van der Waals surface area contributed by atoms with E-state index in [0.29, 0.717) is 37.8 Å². The van der Waals surface area contributed by atoms with Gasteiger partial charge in [-0.3, -0.25) is 15.1 Å². The smallest absolute Gasteiger partial charge is 0.251 e. The second-order valence-corrected chi connectivity index (χ2v) is 10.7. The third-order valence-corrected chi connectivity index (χ3v) is 7.84. The summed E-state index contributed by atoms with van der Waals surface area (Å²) in [5.41, 5.74) is 3.68. The van der Waals surface area contributed by atoms with Gasteiger partial charge in [0.25, 0.3) is 5.91 Å². The Kier molecular flexibility index (Phi) is 10.7. The molecule has 4 heterocycles. The van der Waals surface area contributed by atoms with Crippen molar-refractivity contribution in [1.82, 2.24) is 41.0 Å². The third kappa shape index (κ3) is 8.10. The molecule has 0 aliphatic carbocycles. The number of nitrogens with zero attached hydrogens (tertiary/aromatic N) is 4. The fraction of sp³-hybridized carbons (Fsp3) is 0.533. The molecule has 2 fully saturated rings. The molecule has 2 aliphatic heterocycles. The van der Waals surface area contributed by atoms with E-state index in [1.54, 1.807) is 6.20 Å². The summed E-state index contributed by atoms with van der Waals surface area (Å²) in [5.74, 6) is 1.68. The van der Waals surface area contributed by atoms with Gasteiger partial charge in [0, 0.05) is 49.4 Å². The molecular formula is C30H43N9O2. The molecule has 5 rings (SSSR count). The van der Waals surface area contributed by atoms with Gasteiger partial charge in [-0.15, -0.1) is 10.2 Å². The number of benzene rings is 1. The Morgan fingerprint density at radius 3 is 2.88 bits per heavy atom. The maximum atomic E-state index is 12.9. The van der Waals surface area contributed by atoms with Crippen LogP contribution in [-0.2, 0) is 30.8 Å². The molecule has 2 saturated heterocycles. The van der Waals surface area contributed by atoms with Crippen molar-refractivity contribution in [3.63, 3.8) is 0 Å². The highest BCUT2D eigenvalue weighted by Gasteiger charge is 2.23. The summed E-state index contributed by atoms with van der Waals surface area (Å²) < 4.78 is 8.26. The molecule has 2 unspecified atom stereocenters. The van der Waals surface area contributed by atoms with E-state index in [9.17, 15) is 4.79 Å². The Labute approximate surface area is 242 Å². The lowest BCUT2D eigenvalue weighted by Gasteiger charge is -2.25. The summed E-state index contributed by atoms with van der Waals surface area (Å²) in [7, 11) is 0. The number of hydrogen-bond donors (Lipinski definition) is 5. The first-order chi connectivity index (χ1) is 20.2. The number of ether oxygens (including phenoxy) is 1.